The van der Waals surface area contributed by atoms with Crippen LogP contribution < -0.4 is 0 Å². The first-order chi connectivity index (χ1) is 22.1. The molecule has 0 aliphatic carbocycles. The minimum atomic E-state index is -1.14. The molecule has 3 rings (SSSR count). The van der Waals surface area contributed by atoms with Gasteiger partial charge >= 0.3 is 12.1 Å². The number of aliphatic hydroxyl groups excluding tert-OH is 2. The molecular formula is C36H60N2O9. The lowest BCUT2D eigenvalue weighted by molar-refractivity contribution is -0.152. The van der Waals surface area contributed by atoms with Crippen LogP contribution in [0.25, 0.3) is 0 Å². The second kappa shape index (κ2) is 17.4. The van der Waals surface area contributed by atoms with E-state index in [9.17, 15) is 24.9 Å². The van der Waals surface area contributed by atoms with Crippen LogP contribution in [-0.4, -0.2) is 125 Å². The summed E-state index contributed by atoms with van der Waals surface area (Å²) < 4.78 is 24.0. The molecule has 47 heavy (non-hydrogen) atoms. The fraction of sp³-hybridized carbons (Fsp3) is 0.778. The second-order valence-electron chi connectivity index (χ2n) is 14.2. The van der Waals surface area contributed by atoms with Crippen LogP contribution in [0.5, 0.6) is 0 Å². The van der Waals surface area contributed by atoms with Gasteiger partial charge in [-0.05, 0) is 65.7 Å². The highest BCUT2D eigenvalue weighted by Crippen LogP contribution is 2.37. The zero-order chi connectivity index (χ0) is 34.9. The number of likely N-dealkylation sites (N-methyl/N-ethyl adjacent to an activating group) is 1. The molecule has 0 aromatic heterocycles. The van der Waals surface area contributed by atoms with E-state index in [1.54, 1.807) is 24.0 Å². The quantitative estimate of drug-likeness (QED) is 0.128. The minimum Gasteiger partial charge on any atom is -0.457 e. The van der Waals surface area contributed by atoms with Crippen molar-refractivity contribution >= 4 is 12.1 Å². The number of amides is 1. The number of cyclic esters (lactones) is 1. The van der Waals surface area contributed by atoms with E-state index in [-0.39, 0.29) is 36.9 Å². The number of piperazine rings is 1. The summed E-state index contributed by atoms with van der Waals surface area (Å²) >= 11 is 0. The van der Waals surface area contributed by atoms with Crippen LogP contribution in [0.3, 0.4) is 0 Å². The Balaban J connectivity index is 1.79. The number of aliphatic hydroxyl groups is 3. The molecule has 0 aromatic carbocycles. The molecule has 2 fully saturated rings. The van der Waals surface area contributed by atoms with Crippen molar-refractivity contribution in [2.75, 3.05) is 39.8 Å². The maximum absolute atomic E-state index is 13.3. The van der Waals surface area contributed by atoms with E-state index in [4.69, 9.17) is 18.9 Å². The van der Waals surface area contributed by atoms with Crippen molar-refractivity contribution in [3.8, 4) is 0 Å². The van der Waals surface area contributed by atoms with Crippen LogP contribution >= 0.6 is 0 Å². The summed E-state index contributed by atoms with van der Waals surface area (Å²) in [6, 6.07) is 0. The third-order valence-corrected chi connectivity index (χ3v) is 9.81. The number of hydrogen-bond donors (Lipinski definition) is 3. The van der Waals surface area contributed by atoms with Gasteiger partial charge in [-0.25, -0.2) is 4.79 Å². The van der Waals surface area contributed by atoms with E-state index >= 15 is 0 Å². The fourth-order valence-corrected chi connectivity index (χ4v) is 6.45. The summed E-state index contributed by atoms with van der Waals surface area (Å²) in [5.41, 5.74) is -1.33. The summed E-state index contributed by atoms with van der Waals surface area (Å²) in [7, 11) is 2.02. The molecule has 10 atom stereocenters. The Morgan fingerprint density at radius 1 is 1.23 bits per heavy atom. The number of hydrogen-bond acceptors (Lipinski definition) is 10. The maximum Gasteiger partial charge on any atom is 0.410 e. The van der Waals surface area contributed by atoms with Gasteiger partial charge in [-0.3, -0.25) is 4.79 Å². The standard InChI is InChI=1S/C36H60N2O9/c1-9-28(40)26(5)33-29(45-33)23-35(6,43)16-11-12-24(3)32-25(4)13-14-30(46-34(42)38-20-18-37(8)19-21-38)36(7,44-10-2)17-15-27(39)22-31(41)47-32/h11-14,16,25-30,32-33,39-40,43H,9-10,15,17-23H2,1-8H3/b14-13-,16-11+,24-12+. The SMILES string of the molecule is CCOC1(C)CCC(O)CC(=O)OC(/C(C)=C/C=C/C(C)(O)CC2OC2C(C)C(O)CC)C(C)/C=C\C1OC(=O)N1CCN(C)CC1. The first-order valence-electron chi connectivity index (χ1n) is 17.3. The van der Waals surface area contributed by atoms with Crippen molar-refractivity contribution in [3.05, 3.63) is 36.0 Å². The largest absolute Gasteiger partial charge is 0.457 e. The third kappa shape index (κ3) is 11.7. The Hall–Kier alpha value is -2.28. The number of carbonyl (C=O) groups excluding carboxylic acids is 2. The molecule has 3 aliphatic heterocycles. The Morgan fingerprint density at radius 3 is 2.55 bits per heavy atom. The molecule has 0 radical (unpaired) electrons. The lowest BCUT2D eigenvalue weighted by Crippen LogP contribution is -2.51. The third-order valence-electron chi connectivity index (χ3n) is 9.81. The molecular weight excluding hydrogens is 604 g/mol. The Morgan fingerprint density at radius 2 is 1.91 bits per heavy atom. The Labute approximate surface area is 281 Å². The second-order valence-corrected chi connectivity index (χ2v) is 14.2. The van der Waals surface area contributed by atoms with Crippen LogP contribution in [0, 0.1) is 11.8 Å². The number of ether oxygens (including phenoxy) is 4. The van der Waals surface area contributed by atoms with Crippen LogP contribution in [0.4, 0.5) is 4.79 Å². The highest BCUT2D eigenvalue weighted by atomic mass is 16.6. The van der Waals surface area contributed by atoms with Gasteiger partial charge in [-0.2, -0.15) is 0 Å². The number of esters is 1. The van der Waals surface area contributed by atoms with Gasteiger partial charge in [-0.1, -0.05) is 45.1 Å². The van der Waals surface area contributed by atoms with Gasteiger partial charge < -0.3 is 44.1 Å². The molecule has 0 aromatic rings. The average Bonchev–Trinajstić information content (AvgIpc) is 3.77. The van der Waals surface area contributed by atoms with Crippen molar-refractivity contribution in [3.63, 3.8) is 0 Å². The van der Waals surface area contributed by atoms with Crippen molar-refractivity contribution in [1.82, 2.24) is 9.80 Å². The lowest BCUT2D eigenvalue weighted by atomic mass is 9.88. The van der Waals surface area contributed by atoms with Crippen molar-refractivity contribution in [1.29, 1.82) is 0 Å². The molecule has 3 heterocycles. The van der Waals surface area contributed by atoms with E-state index in [0.717, 1.165) is 18.7 Å². The van der Waals surface area contributed by atoms with E-state index in [2.05, 4.69) is 4.90 Å². The lowest BCUT2D eigenvalue weighted by Gasteiger charge is -2.38. The van der Waals surface area contributed by atoms with Gasteiger partial charge in [0, 0.05) is 51.0 Å². The molecule has 1 amide bonds. The van der Waals surface area contributed by atoms with E-state index in [1.165, 1.54) is 0 Å². The maximum atomic E-state index is 13.3. The summed E-state index contributed by atoms with van der Waals surface area (Å²) in [5.74, 6) is -0.830. The normalized spacial score (nSPS) is 34.8. The topological polar surface area (TPSA) is 142 Å². The summed E-state index contributed by atoms with van der Waals surface area (Å²) in [4.78, 5) is 30.1. The van der Waals surface area contributed by atoms with E-state index < -0.39 is 47.7 Å². The highest BCUT2D eigenvalue weighted by Gasteiger charge is 2.47. The molecule has 3 N–H and O–H groups in total. The van der Waals surface area contributed by atoms with Crippen molar-refractivity contribution < 1.29 is 43.9 Å². The molecule has 11 heteroatoms. The van der Waals surface area contributed by atoms with E-state index in [0.29, 0.717) is 39.0 Å². The number of carbonyl (C=O) groups is 2. The highest BCUT2D eigenvalue weighted by molar-refractivity contribution is 5.70. The zero-order valence-corrected chi connectivity index (χ0v) is 29.8. The van der Waals surface area contributed by atoms with Gasteiger partial charge in [0.2, 0.25) is 0 Å². The van der Waals surface area contributed by atoms with Gasteiger partial charge in [0.25, 0.3) is 0 Å². The van der Waals surface area contributed by atoms with Crippen molar-refractivity contribution in [2.45, 2.75) is 128 Å². The number of allylic oxidation sites excluding steroid dienone is 2. The smallest absolute Gasteiger partial charge is 0.410 e. The molecule has 3 aliphatic rings. The van der Waals surface area contributed by atoms with Gasteiger partial charge in [0.15, 0.2) is 6.10 Å². The monoisotopic (exact) mass is 664 g/mol. The molecule has 0 spiro atoms. The Kier molecular flexibility index (Phi) is 14.5. The predicted molar refractivity (Wildman–Crippen MR) is 180 cm³/mol. The Bertz CT molecular complexity index is 1120. The number of nitrogens with zero attached hydrogens (tertiary/aromatic N) is 2. The molecule has 0 saturated carbocycles. The summed E-state index contributed by atoms with van der Waals surface area (Å²) in [5, 5.41) is 32.0. The summed E-state index contributed by atoms with van der Waals surface area (Å²) in [6.07, 6.45) is 7.06. The van der Waals surface area contributed by atoms with Gasteiger partial charge in [0.05, 0.1) is 36.4 Å². The summed E-state index contributed by atoms with van der Waals surface area (Å²) in [6.45, 7) is 16.2. The van der Waals surface area contributed by atoms with Gasteiger partial charge in [0.1, 0.15) is 11.7 Å². The number of epoxide rings is 1. The first kappa shape index (κ1) is 39.2. The number of rotatable bonds is 11. The average molecular weight is 665 g/mol. The van der Waals surface area contributed by atoms with Crippen LogP contribution in [-0.2, 0) is 23.7 Å². The molecule has 10 unspecified atom stereocenters. The molecule has 11 nitrogen and oxygen atoms in total. The van der Waals surface area contributed by atoms with Crippen LogP contribution in [0.2, 0.25) is 0 Å². The van der Waals surface area contributed by atoms with Crippen LogP contribution in [0.1, 0.15) is 80.6 Å². The van der Waals surface area contributed by atoms with Crippen molar-refractivity contribution in [2.24, 2.45) is 11.8 Å². The fourth-order valence-electron chi connectivity index (χ4n) is 6.45. The molecule has 2 saturated heterocycles. The zero-order valence-electron chi connectivity index (χ0n) is 29.8. The molecule has 0 bridgehead atoms. The predicted octanol–water partition coefficient (Wildman–Crippen LogP) is 4.00. The first-order valence-corrected chi connectivity index (χ1v) is 17.3. The minimum absolute atomic E-state index is 0.00271. The van der Waals surface area contributed by atoms with Gasteiger partial charge in [-0.15, -0.1) is 0 Å². The molecule has 268 valence electrons. The van der Waals surface area contributed by atoms with Crippen LogP contribution in [0.15, 0.2) is 36.0 Å². The van der Waals surface area contributed by atoms with E-state index in [1.807, 2.05) is 66.8 Å².